The van der Waals surface area contributed by atoms with Crippen molar-refractivity contribution in [2.45, 2.75) is 39.3 Å². The molecular weight excluding hydrogens is 347 g/mol. The Labute approximate surface area is 148 Å². The third-order valence-corrected chi connectivity index (χ3v) is 4.53. The van der Waals surface area contributed by atoms with Gasteiger partial charge in [0.25, 0.3) is 5.91 Å². The molecule has 134 valence electrons. The average Bonchev–Trinajstić information content (AvgIpc) is 2.94. The second-order valence-corrected chi connectivity index (χ2v) is 6.50. The van der Waals surface area contributed by atoms with Crippen LogP contribution in [-0.2, 0) is 11.4 Å². The van der Waals surface area contributed by atoms with Crippen molar-refractivity contribution in [1.82, 2.24) is 10.3 Å². The lowest BCUT2D eigenvalue weighted by molar-refractivity contribution is -0.139. The van der Waals surface area contributed by atoms with Gasteiger partial charge in [-0.3, -0.25) is 4.79 Å². The molecule has 0 saturated heterocycles. The Morgan fingerprint density at radius 1 is 1.36 bits per heavy atom. The number of aryl methyl sites for hydroxylation is 1. The molecule has 0 saturated carbocycles. The number of ether oxygens (including phenoxy) is 1. The highest BCUT2D eigenvalue weighted by Gasteiger charge is 2.22. The van der Waals surface area contributed by atoms with Gasteiger partial charge in [0.05, 0.1) is 5.69 Å². The van der Waals surface area contributed by atoms with Crippen LogP contribution in [0.5, 0.6) is 5.75 Å². The van der Waals surface area contributed by atoms with Gasteiger partial charge < -0.3 is 15.2 Å². The number of carbonyl (C=O) groups is 2. The van der Waals surface area contributed by atoms with Crippen LogP contribution in [0.2, 0.25) is 0 Å². The summed E-state index contributed by atoms with van der Waals surface area (Å²) in [5.41, 5.74) is 0.515. The lowest BCUT2D eigenvalue weighted by Gasteiger charge is -2.12. The molecule has 0 radical (unpaired) electrons. The highest BCUT2D eigenvalue weighted by molar-refractivity contribution is 7.13. The van der Waals surface area contributed by atoms with Gasteiger partial charge in [0.2, 0.25) is 0 Å². The van der Waals surface area contributed by atoms with Gasteiger partial charge in [-0.2, -0.15) is 0 Å². The number of thiazole rings is 1. The number of nitrogens with zero attached hydrogens (tertiary/aromatic N) is 1. The van der Waals surface area contributed by atoms with Crippen molar-refractivity contribution in [1.29, 1.82) is 0 Å². The zero-order valence-corrected chi connectivity index (χ0v) is 14.7. The van der Waals surface area contributed by atoms with E-state index in [1.165, 1.54) is 24.3 Å². The summed E-state index contributed by atoms with van der Waals surface area (Å²) in [7, 11) is 0. The van der Waals surface area contributed by atoms with Crippen molar-refractivity contribution in [2.75, 3.05) is 0 Å². The van der Waals surface area contributed by atoms with Gasteiger partial charge in [-0.1, -0.05) is 13.3 Å². The number of aromatic nitrogens is 1. The summed E-state index contributed by atoms with van der Waals surface area (Å²) in [6.45, 7) is 3.68. The molecule has 1 atom stereocenters. The molecule has 1 unspecified atom stereocenters. The maximum Gasteiger partial charge on any atom is 0.326 e. The van der Waals surface area contributed by atoms with E-state index in [1.54, 1.807) is 6.92 Å². The smallest absolute Gasteiger partial charge is 0.326 e. The minimum atomic E-state index is -1.06. The highest BCUT2D eigenvalue weighted by Crippen LogP contribution is 2.21. The van der Waals surface area contributed by atoms with Gasteiger partial charge in [0.15, 0.2) is 0 Å². The first kappa shape index (κ1) is 18.9. The molecular formula is C17H19FN2O4S. The molecule has 0 aliphatic heterocycles. The van der Waals surface area contributed by atoms with Crippen molar-refractivity contribution in [3.05, 3.63) is 45.7 Å². The summed E-state index contributed by atoms with van der Waals surface area (Å²) in [6, 6.07) is 4.68. The molecule has 0 spiro atoms. The summed E-state index contributed by atoms with van der Waals surface area (Å²) in [5, 5.41) is 12.2. The van der Waals surface area contributed by atoms with Crippen LogP contribution >= 0.6 is 11.3 Å². The van der Waals surface area contributed by atoms with E-state index in [-0.39, 0.29) is 12.4 Å². The van der Waals surface area contributed by atoms with Gasteiger partial charge in [0.1, 0.15) is 34.1 Å². The second-order valence-electron chi connectivity index (χ2n) is 5.42. The zero-order valence-electron chi connectivity index (χ0n) is 13.9. The molecule has 25 heavy (non-hydrogen) atoms. The number of hydrogen-bond donors (Lipinski definition) is 2. The first-order chi connectivity index (χ1) is 11.9. The number of carboxylic acids is 1. The fourth-order valence-electron chi connectivity index (χ4n) is 2.17. The maximum absolute atomic E-state index is 12.9. The van der Waals surface area contributed by atoms with Crippen molar-refractivity contribution in [2.24, 2.45) is 0 Å². The van der Waals surface area contributed by atoms with Crippen LogP contribution < -0.4 is 10.1 Å². The van der Waals surface area contributed by atoms with E-state index in [9.17, 15) is 14.0 Å². The normalized spacial score (nSPS) is 11.8. The van der Waals surface area contributed by atoms with Gasteiger partial charge in [0, 0.05) is 0 Å². The zero-order chi connectivity index (χ0) is 18.4. The summed E-state index contributed by atoms with van der Waals surface area (Å²) in [6.07, 6.45) is 1.01. The Kier molecular flexibility index (Phi) is 6.46. The van der Waals surface area contributed by atoms with Crippen LogP contribution in [0, 0.1) is 12.7 Å². The molecule has 1 aromatic carbocycles. The molecule has 0 aliphatic carbocycles. The van der Waals surface area contributed by atoms with E-state index in [0.717, 1.165) is 11.3 Å². The minimum absolute atomic E-state index is 0.141. The fraction of sp³-hybridized carbons (Fsp3) is 0.353. The first-order valence-corrected chi connectivity index (χ1v) is 8.60. The Hall–Kier alpha value is -2.48. The number of hydrogen-bond acceptors (Lipinski definition) is 5. The molecule has 6 nitrogen and oxygen atoms in total. The molecule has 0 bridgehead atoms. The summed E-state index contributed by atoms with van der Waals surface area (Å²) in [5.74, 6) is -1.37. The standard InChI is InChI=1S/C17H19FN2O4S/c1-3-4-13(17(22)23)20-16(21)15-10(2)19-14(25-15)9-24-12-7-5-11(18)6-8-12/h5-8,13H,3-4,9H2,1-2H3,(H,20,21)(H,22,23). The van der Waals surface area contributed by atoms with Gasteiger partial charge in [-0.25, -0.2) is 14.2 Å². The van der Waals surface area contributed by atoms with Crippen molar-refractivity contribution in [3.8, 4) is 5.75 Å². The molecule has 0 fully saturated rings. The summed E-state index contributed by atoms with van der Waals surface area (Å²) < 4.78 is 18.4. The molecule has 1 amide bonds. The van der Waals surface area contributed by atoms with Crippen molar-refractivity contribution in [3.63, 3.8) is 0 Å². The van der Waals surface area contributed by atoms with E-state index < -0.39 is 17.9 Å². The van der Waals surface area contributed by atoms with Gasteiger partial charge >= 0.3 is 5.97 Å². The predicted molar refractivity (Wildman–Crippen MR) is 91.4 cm³/mol. The van der Waals surface area contributed by atoms with E-state index in [1.807, 2.05) is 6.92 Å². The SMILES string of the molecule is CCCC(NC(=O)c1sc(COc2ccc(F)cc2)nc1C)C(=O)O. The summed E-state index contributed by atoms with van der Waals surface area (Å²) in [4.78, 5) is 28.1. The van der Waals surface area contributed by atoms with Crippen LogP contribution in [0.15, 0.2) is 24.3 Å². The monoisotopic (exact) mass is 366 g/mol. The number of carboxylic acid groups (broad SMARTS) is 1. The Balaban J connectivity index is 2.01. The lowest BCUT2D eigenvalue weighted by Crippen LogP contribution is -2.40. The molecule has 2 aromatic rings. The van der Waals surface area contributed by atoms with Crippen LogP contribution in [0.3, 0.4) is 0 Å². The van der Waals surface area contributed by atoms with Crippen LogP contribution in [0.4, 0.5) is 4.39 Å². The molecule has 1 aromatic heterocycles. The van der Waals surface area contributed by atoms with E-state index >= 15 is 0 Å². The summed E-state index contributed by atoms with van der Waals surface area (Å²) >= 11 is 1.15. The largest absolute Gasteiger partial charge is 0.486 e. The van der Waals surface area contributed by atoms with E-state index in [4.69, 9.17) is 9.84 Å². The average molecular weight is 366 g/mol. The van der Waals surface area contributed by atoms with Crippen LogP contribution in [0.1, 0.15) is 40.1 Å². The second kappa shape index (κ2) is 8.57. The first-order valence-electron chi connectivity index (χ1n) is 7.79. The van der Waals surface area contributed by atoms with Crippen molar-refractivity contribution >= 4 is 23.2 Å². The van der Waals surface area contributed by atoms with Crippen molar-refractivity contribution < 1.29 is 23.8 Å². The number of nitrogens with one attached hydrogen (secondary N) is 1. The number of amides is 1. The fourth-order valence-corrected chi connectivity index (χ4v) is 3.05. The molecule has 2 N–H and O–H groups in total. The Bertz CT molecular complexity index is 746. The Morgan fingerprint density at radius 3 is 2.64 bits per heavy atom. The van der Waals surface area contributed by atoms with Gasteiger partial charge in [-0.05, 0) is 37.6 Å². The van der Waals surface area contributed by atoms with E-state index in [2.05, 4.69) is 10.3 Å². The molecule has 1 heterocycles. The number of halogens is 1. The number of carbonyl (C=O) groups excluding carboxylic acids is 1. The van der Waals surface area contributed by atoms with Gasteiger partial charge in [-0.15, -0.1) is 11.3 Å². The van der Waals surface area contributed by atoms with Crippen LogP contribution in [0.25, 0.3) is 0 Å². The predicted octanol–water partition coefficient (Wildman–Crippen LogP) is 3.15. The quantitative estimate of drug-likeness (QED) is 0.749. The van der Waals surface area contributed by atoms with Crippen LogP contribution in [-0.4, -0.2) is 28.0 Å². The lowest BCUT2D eigenvalue weighted by atomic mass is 10.1. The third kappa shape index (κ3) is 5.25. The highest BCUT2D eigenvalue weighted by atomic mass is 32.1. The minimum Gasteiger partial charge on any atom is -0.486 e. The maximum atomic E-state index is 12.9. The molecule has 0 aliphatic rings. The molecule has 8 heteroatoms. The van der Waals surface area contributed by atoms with E-state index in [0.29, 0.717) is 34.2 Å². The number of aliphatic carboxylic acids is 1. The Morgan fingerprint density at radius 2 is 2.04 bits per heavy atom. The number of benzene rings is 1. The molecule has 2 rings (SSSR count). The number of rotatable bonds is 8. The topological polar surface area (TPSA) is 88.5 Å². The third-order valence-electron chi connectivity index (χ3n) is 3.40.